The second-order valence-corrected chi connectivity index (χ2v) is 7.63. The van der Waals surface area contributed by atoms with Crippen LogP contribution in [0, 0.1) is 0 Å². The topological polar surface area (TPSA) is 105 Å². The van der Waals surface area contributed by atoms with Crippen LogP contribution in [0.1, 0.15) is 27.3 Å². The number of aromatic hydroxyl groups is 1. The Bertz CT molecular complexity index is 954. The molecule has 1 N–H and O–H groups in total. The fourth-order valence-electron chi connectivity index (χ4n) is 2.05. The van der Waals surface area contributed by atoms with E-state index in [2.05, 4.69) is 10.1 Å². The first-order chi connectivity index (χ1) is 11.8. The number of aromatic nitrogens is 3. The molecule has 2 aromatic rings. The second kappa shape index (κ2) is 6.68. The van der Waals surface area contributed by atoms with Crippen LogP contribution in [-0.2, 0) is 29.8 Å². The number of alkyl halides is 3. The van der Waals surface area contributed by atoms with Crippen molar-refractivity contribution in [2.45, 2.75) is 12.7 Å². The quantitative estimate of drug-likeness (QED) is 0.766. The molecule has 0 aromatic carbocycles. The molecule has 2 heterocycles. The monoisotopic (exact) mass is 392 g/mol. The van der Waals surface area contributed by atoms with Crippen molar-refractivity contribution in [3.8, 4) is 5.88 Å². The highest BCUT2D eigenvalue weighted by molar-refractivity contribution is 7.88. The Labute approximate surface area is 146 Å². The number of ketones is 1. The van der Waals surface area contributed by atoms with Crippen molar-refractivity contribution in [3.63, 3.8) is 0 Å². The van der Waals surface area contributed by atoms with Crippen LogP contribution in [0.5, 0.6) is 5.88 Å². The minimum atomic E-state index is -4.77. The third-order valence-electron chi connectivity index (χ3n) is 3.60. The second-order valence-electron chi connectivity index (χ2n) is 5.54. The fraction of sp³-hybridized carbons (Fsp3) is 0.357. The summed E-state index contributed by atoms with van der Waals surface area (Å²) in [5.41, 5.74) is -2.16. The molecule has 0 saturated heterocycles. The molecule has 0 radical (unpaired) electrons. The van der Waals surface area contributed by atoms with E-state index in [9.17, 15) is 31.5 Å². The molecule has 0 saturated carbocycles. The zero-order chi connectivity index (χ0) is 19.9. The number of carbonyl (C=O) groups excluding carboxylic acids is 1. The highest BCUT2D eigenvalue weighted by Gasteiger charge is 2.34. The summed E-state index contributed by atoms with van der Waals surface area (Å²) in [6.45, 7) is -0.551. The summed E-state index contributed by atoms with van der Waals surface area (Å²) < 4.78 is 63.7. The van der Waals surface area contributed by atoms with Crippen molar-refractivity contribution >= 4 is 15.8 Å². The van der Waals surface area contributed by atoms with Gasteiger partial charge in [-0.1, -0.05) is 0 Å². The number of hydrogen-bond donors (Lipinski definition) is 1. The van der Waals surface area contributed by atoms with Gasteiger partial charge in [-0.3, -0.25) is 4.79 Å². The molecule has 0 fully saturated rings. The average molecular weight is 392 g/mol. The summed E-state index contributed by atoms with van der Waals surface area (Å²) in [5.74, 6) is -1.30. The third kappa shape index (κ3) is 4.02. The van der Waals surface area contributed by atoms with E-state index in [1.165, 1.54) is 7.05 Å². The third-order valence-corrected chi connectivity index (χ3v) is 4.86. The number of halogens is 3. The van der Waals surface area contributed by atoms with Crippen LogP contribution in [0.4, 0.5) is 13.2 Å². The summed E-state index contributed by atoms with van der Waals surface area (Å²) in [4.78, 5) is 16.0. The molecule has 2 rings (SSSR count). The van der Waals surface area contributed by atoms with Gasteiger partial charge in [0, 0.05) is 19.7 Å². The molecule has 142 valence electrons. The highest BCUT2D eigenvalue weighted by Crippen LogP contribution is 2.30. The van der Waals surface area contributed by atoms with Crippen molar-refractivity contribution in [2.75, 3.05) is 13.3 Å². The molecule has 8 nitrogen and oxygen atoms in total. The van der Waals surface area contributed by atoms with Crippen LogP contribution >= 0.6 is 0 Å². The minimum absolute atomic E-state index is 0.239. The molecular weight excluding hydrogens is 377 g/mol. The Kier molecular flexibility index (Phi) is 5.10. The summed E-state index contributed by atoms with van der Waals surface area (Å²) in [6.07, 6.45) is -2.84. The standard InChI is InChI=1S/C14H15F3N4O4S/c1-20(26(3,24)25)7-10-8(4-5-11(19-10)14(15,16)17)12(22)9-6-18-21(2)13(9)23/h4-6,23H,7H2,1-3H3. The first-order valence-corrected chi connectivity index (χ1v) is 8.91. The maximum Gasteiger partial charge on any atom is 0.433 e. The number of carbonyl (C=O) groups is 1. The van der Waals surface area contributed by atoms with Crippen LogP contribution in [0.25, 0.3) is 0 Å². The molecular formula is C14H15F3N4O4S. The Morgan fingerprint density at radius 2 is 1.92 bits per heavy atom. The molecule has 12 heteroatoms. The predicted molar refractivity (Wildman–Crippen MR) is 83.9 cm³/mol. The minimum Gasteiger partial charge on any atom is -0.493 e. The first kappa shape index (κ1) is 19.8. The number of rotatable bonds is 5. The van der Waals surface area contributed by atoms with Gasteiger partial charge in [0.05, 0.1) is 24.7 Å². The van der Waals surface area contributed by atoms with E-state index in [-0.39, 0.29) is 16.8 Å². The lowest BCUT2D eigenvalue weighted by molar-refractivity contribution is -0.141. The van der Waals surface area contributed by atoms with Crippen LogP contribution in [-0.4, -0.2) is 51.7 Å². The highest BCUT2D eigenvalue weighted by atomic mass is 32.2. The molecule has 0 aliphatic rings. The van der Waals surface area contributed by atoms with Gasteiger partial charge in [0.25, 0.3) is 0 Å². The van der Waals surface area contributed by atoms with Crippen molar-refractivity contribution < 1.29 is 31.5 Å². The van der Waals surface area contributed by atoms with Gasteiger partial charge in [-0.2, -0.15) is 22.6 Å². The van der Waals surface area contributed by atoms with E-state index in [0.717, 1.165) is 34.6 Å². The van der Waals surface area contributed by atoms with E-state index in [4.69, 9.17) is 0 Å². The Morgan fingerprint density at radius 3 is 2.38 bits per heavy atom. The Balaban J connectivity index is 2.57. The Morgan fingerprint density at radius 1 is 1.31 bits per heavy atom. The van der Waals surface area contributed by atoms with Crippen molar-refractivity contribution in [2.24, 2.45) is 7.05 Å². The maximum absolute atomic E-state index is 12.9. The van der Waals surface area contributed by atoms with Crippen LogP contribution in [0.3, 0.4) is 0 Å². The summed E-state index contributed by atoms with van der Waals surface area (Å²) in [7, 11) is -1.21. The fourth-order valence-corrected chi connectivity index (χ4v) is 2.41. The van der Waals surface area contributed by atoms with E-state index in [1.54, 1.807) is 0 Å². The maximum atomic E-state index is 12.9. The molecule has 2 aromatic heterocycles. The number of nitrogens with zero attached hydrogens (tertiary/aromatic N) is 4. The van der Waals surface area contributed by atoms with Gasteiger partial charge >= 0.3 is 6.18 Å². The zero-order valence-electron chi connectivity index (χ0n) is 13.9. The summed E-state index contributed by atoms with van der Waals surface area (Å²) >= 11 is 0. The molecule has 0 amide bonds. The van der Waals surface area contributed by atoms with Gasteiger partial charge in [0.2, 0.25) is 21.7 Å². The van der Waals surface area contributed by atoms with Crippen LogP contribution < -0.4 is 0 Å². The largest absolute Gasteiger partial charge is 0.493 e. The van der Waals surface area contributed by atoms with E-state index < -0.39 is 40.1 Å². The number of aryl methyl sites for hydroxylation is 1. The molecule has 0 atom stereocenters. The first-order valence-electron chi connectivity index (χ1n) is 7.06. The van der Waals surface area contributed by atoms with Gasteiger partial charge in [-0.05, 0) is 12.1 Å². The van der Waals surface area contributed by atoms with E-state index in [1.807, 2.05) is 0 Å². The predicted octanol–water partition coefficient (Wildman–Crippen LogP) is 1.16. The SMILES string of the molecule is CN(Cc1nc(C(F)(F)F)ccc1C(=O)c1cnn(C)c1O)S(C)(=O)=O. The molecule has 26 heavy (non-hydrogen) atoms. The lowest BCUT2D eigenvalue weighted by Crippen LogP contribution is -2.27. The van der Waals surface area contributed by atoms with Gasteiger partial charge in [-0.25, -0.2) is 18.1 Å². The van der Waals surface area contributed by atoms with Gasteiger partial charge in [0.1, 0.15) is 11.3 Å². The molecule has 0 spiro atoms. The van der Waals surface area contributed by atoms with Gasteiger partial charge in [0.15, 0.2) is 0 Å². The van der Waals surface area contributed by atoms with Crippen LogP contribution in [0.2, 0.25) is 0 Å². The zero-order valence-corrected chi connectivity index (χ0v) is 14.8. The number of pyridine rings is 1. The number of sulfonamides is 1. The lowest BCUT2D eigenvalue weighted by Gasteiger charge is -2.17. The van der Waals surface area contributed by atoms with Crippen molar-refractivity contribution in [1.29, 1.82) is 0 Å². The molecule has 0 aliphatic carbocycles. The van der Waals surface area contributed by atoms with Gasteiger partial charge < -0.3 is 5.11 Å². The molecule has 0 unspecified atom stereocenters. The van der Waals surface area contributed by atoms with E-state index >= 15 is 0 Å². The van der Waals surface area contributed by atoms with Crippen molar-refractivity contribution in [3.05, 3.63) is 40.8 Å². The summed E-state index contributed by atoms with van der Waals surface area (Å²) in [5, 5.41) is 13.5. The normalized spacial score (nSPS) is 12.6. The molecule has 0 bridgehead atoms. The number of hydrogen-bond acceptors (Lipinski definition) is 6. The van der Waals surface area contributed by atoms with Gasteiger partial charge in [-0.15, -0.1) is 0 Å². The van der Waals surface area contributed by atoms with Crippen molar-refractivity contribution in [1.82, 2.24) is 19.1 Å². The lowest BCUT2D eigenvalue weighted by atomic mass is 10.0. The smallest absolute Gasteiger partial charge is 0.433 e. The Hall–Kier alpha value is -2.47. The van der Waals surface area contributed by atoms with Crippen LogP contribution in [0.15, 0.2) is 18.3 Å². The van der Waals surface area contributed by atoms with E-state index in [0.29, 0.717) is 6.07 Å². The average Bonchev–Trinajstić information content (AvgIpc) is 2.84. The molecule has 0 aliphatic heterocycles. The summed E-state index contributed by atoms with van der Waals surface area (Å²) in [6, 6.07) is 1.51.